The summed E-state index contributed by atoms with van der Waals surface area (Å²) in [4.78, 5) is 11.4. The van der Waals surface area contributed by atoms with Gasteiger partial charge in [0.15, 0.2) is 0 Å². The molecule has 2 N–H and O–H groups in total. The van der Waals surface area contributed by atoms with Crippen molar-refractivity contribution in [1.82, 2.24) is 4.72 Å². The van der Waals surface area contributed by atoms with Gasteiger partial charge >= 0.3 is 5.97 Å². The van der Waals surface area contributed by atoms with Gasteiger partial charge in [0, 0.05) is 13.2 Å². The Morgan fingerprint density at radius 3 is 2.85 bits per heavy atom. The van der Waals surface area contributed by atoms with E-state index in [0.29, 0.717) is 13.0 Å². The van der Waals surface area contributed by atoms with Crippen LogP contribution in [0.1, 0.15) is 16.1 Å². The minimum absolute atomic E-state index is 0.0523. The van der Waals surface area contributed by atoms with Crippen molar-refractivity contribution in [1.29, 1.82) is 0 Å². The fourth-order valence-electron chi connectivity index (χ4n) is 1.38. The second-order valence-electron chi connectivity index (χ2n) is 3.69. The molecule has 0 amide bonds. The maximum atomic E-state index is 12.0. The first-order chi connectivity index (χ1) is 9.53. The van der Waals surface area contributed by atoms with E-state index in [1.54, 1.807) is 0 Å². The van der Waals surface area contributed by atoms with E-state index >= 15 is 0 Å². The highest BCUT2D eigenvalue weighted by atomic mass is 32.2. The van der Waals surface area contributed by atoms with Crippen LogP contribution in [0.3, 0.4) is 0 Å². The van der Waals surface area contributed by atoms with Crippen molar-refractivity contribution in [2.45, 2.75) is 11.3 Å². The molecule has 20 heavy (non-hydrogen) atoms. The van der Waals surface area contributed by atoms with Gasteiger partial charge in [-0.15, -0.1) is 11.3 Å². The maximum Gasteiger partial charge on any atom is 0.349 e. The van der Waals surface area contributed by atoms with Gasteiger partial charge in [-0.2, -0.15) is 0 Å². The fourth-order valence-corrected chi connectivity index (χ4v) is 3.78. The molecule has 1 rings (SSSR count). The minimum Gasteiger partial charge on any atom is -0.465 e. The summed E-state index contributed by atoms with van der Waals surface area (Å²) < 4.78 is 36.0. The van der Waals surface area contributed by atoms with Crippen molar-refractivity contribution >= 4 is 27.3 Å². The van der Waals surface area contributed by atoms with E-state index < -0.39 is 16.0 Å². The van der Waals surface area contributed by atoms with Gasteiger partial charge in [0.25, 0.3) is 0 Å². The van der Waals surface area contributed by atoms with E-state index in [0.717, 1.165) is 11.3 Å². The Balaban J connectivity index is 2.57. The molecular weight excluding hydrogens is 306 g/mol. The Kier molecular flexibility index (Phi) is 7.10. The Hall–Kier alpha value is -1.00. The third-order valence-electron chi connectivity index (χ3n) is 2.28. The van der Waals surface area contributed by atoms with E-state index in [2.05, 4.69) is 9.46 Å². The molecule has 0 aliphatic carbocycles. The quantitative estimate of drug-likeness (QED) is 0.498. The molecule has 0 fully saturated rings. The number of esters is 1. The van der Waals surface area contributed by atoms with Gasteiger partial charge in [0.1, 0.15) is 9.77 Å². The Bertz CT molecular complexity index is 525. The standard InChI is InChI=1S/C11H17NO6S2/c1-17-11(14)10-9(3-8-19-10)20(15,16)12-4-2-6-18-7-5-13/h3,8,12-13H,2,4-7H2,1H3. The molecule has 0 saturated heterocycles. The summed E-state index contributed by atoms with van der Waals surface area (Å²) in [5, 5.41) is 10.0. The Labute approximate surface area is 121 Å². The monoisotopic (exact) mass is 323 g/mol. The van der Waals surface area contributed by atoms with Crippen molar-refractivity contribution in [2.24, 2.45) is 0 Å². The highest BCUT2D eigenvalue weighted by molar-refractivity contribution is 7.89. The summed E-state index contributed by atoms with van der Waals surface area (Å²) in [6.07, 6.45) is 0.469. The molecule has 0 bridgehead atoms. The number of hydrogen-bond acceptors (Lipinski definition) is 7. The topological polar surface area (TPSA) is 102 Å². The van der Waals surface area contributed by atoms with E-state index in [1.165, 1.54) is 18.6 Å². The van der Waals surface area contributed by atoms with Gasteiger partial charge in [0.05, 0.1) is 20.3 Å². The van der Waals surface area contributed by atoms with Crippen LogP contribution in [0.2, 0.25) is 0 Å². The number of ether oxygens (including phenoxy) is 2. The Morgan fingerprint density at radius 2 is 2.20 bits per heavy atom. The molecule has 0 unspecified atom stereocenters. The summed E-state index contributed by atoms with van der Waals surface area (Å²) in [5.74, 6) is -0.674. The van der Waals surface area contributed by atoms with Crippen LogP contribution in [0, 0.1) is 0 Å². The first-order valence-corrected chi connectivity index (χ1v) is 8.23. The maximum absolute atomic E-state index is 12.0. The van der Waals surface area contributed by atoms with Crippen LogP contribution < -0.4 is 4.72 Å². The highest BCUT2D eigenvalue weighted by Crippen LogP contribution is 2.22. The van der Waals surface area contributed by atoms with E-state index in [-0.39, 0.29) is 29.5 Å². The fraction of sp³-hybridized carbons (Fsp3) is 0.545. The number of aliphatic hydroxyl groups is 1. The van der Waals surface area contributed by atoms with Crippen molar-refractivity contribution in [3.63, 3.8) is 0 Å². The summed E-state index contributed by atoms with van der Waals surface area (Å²) >= 11 is 1.01. The lowest BCUT2D eigenvalue weighted by molar-refractivity contribution is 0.0602. The third kappa shape index (κ3) is 4.84. The number of aliphatic hydroxyl groups excluding tert-OH is 1. The van der Waals surface area contributed by atoms with Gasteiger partial charge in [-0.1, -0.05) is 0 Å². The highest BCUT2D eigenvalue weighted by Gasteiger charge is 2.24. The molecule has 114 valence electrons. The molecule has 0 aliphatic rings. The van der Waals surface area contributed by atoms with E-state index in [9.17, 15) is 13.2 Å². The van der Waals surface area contributed by atoms with Crippen LogP contribution in [-0.2, 0) is 19.5 Å². The van der Waals surface area contributed by atoms with Crippen LogP contribution in [0.15, 0.2) is 16.3 Å². The number of nitrogens with one attached hydrogen (secondary N) is 1. The summed E-state index contributed by atoms with van der Waals surface area (Å²) in [6.45, 7) is 0.688. The number of rotatable bonds is 9. The predicted octanol–water partition coefficient (Wildman–Crippen LogP) is 0.212. The van der Waals surface area contributed by atoms with Crippen LogP contribution in [0.25, 0.3) is 0 Å². The zero-order chi connectivity index (χ0) is 15.0. The summed E-state index contributed by atoms with van der Waals surface area (Å²) in [6, 6.07) is 1.36. The normalized spacial score (nSPS) is 11.5. The SMILES string of the molecule is COC(=O)c1sccc1S(=O)(=O)NCCCOCCO. The van der Waals surface area contributed by atoms with Crippen molar-refractivity contribution in [3.8, 4) is 0 Å². The number of carbonyl (C=O) groups is 1. The molecule has 1 heterocycles. The lowest BCUT2D eigenvalue weighted by Gasteiger charge is -2.07. The summed E-state index contributed by atoms with van der Waals surface area (Å²) in [7, 11) is -2.54. The molecule has 9 heteroatoms. The van der Waals surface area contributed by atoms with Gasteiger partial charge in [-0.05, 0) is 17.9 Å². The first-order valence-electron chi connectivity index (χ1n) is 5.87. The molecule has 0 spiro atoms. The van der Waals surface area contributed by atoms with Gasteiger partial charge in [0.2, 0.25) is 10.0 Å². The zero-order valence-electron chi connectivity index (χ0n) is 11.0. The van der Waals surface area contributed by atoms with Crippen molar-refractivity contribution in [3.05, 3.63) is 16.3 Å². The minimum atomic E-state index is -3.74. The molecular formula is C11H17NO6S2. The van der Waals surface area contributed by atoms with Crippen molar-refractivity contribution in [2.75, 3.05) is 33.5 Å². The predicted molar refractivity (Wildman–Crippen MR) is 73.4 cm³/mol. The molecule has 0 atom stereocenters. The second kappa shape index (κ2) is 8.32. The molecule has 0 aliphatic heterocycles. The van der Waals surface area contributed by atoms with Gasteiger partial charge in [-0.3, -0.25) is 0 Å². The first kappa shape index (κ1) is 17.1. The molecule has 0 aromatic carbocycles. The average Bonchev–Trinajstić information content (AvgIpc) is 2.92. The zero-order valence-corrected chi connectivity index (χ0v) is 12.6. The van der Waals surface area contributed by atoms with Gasteiger partial charge in [-0.25, -0.2) is 17.9 Å². The molecule has 0 radical (unpaired) electrons. The molecule has 0 saturated carbocycles. The van der Waals surface area contributed by atoms with Crippen molar-refractivity contribution < 1.29 is 27.8 Å². The smallest absolute Gasteiger partial charge is 0.349 e. The van der Waals surface area contributed by atoms with E-state index in [1.807, 2.05) is 0 Å². The number of thiophene rings is 1. The number of carbonyl (C=O) groups excluding carboxylic acids is 1. The van der Waals surface area contributed by atoms with Crippen LogP contribution in [-0.4, -0.2) is 53.0 Å². The summed E-state index contributed by atoms with van der Waals surface area (Å²) in [5.41, 5.74) is 0. The Morgan fingerprint density at radius 1 is 1.45 bits per heavy atom. The number of hydrogen-bond donors (Lipinski definition) is 2. The number of methoxy groups -OCH3 is 1. The number of sulfonamides is 1. The average molecular weight is 323 g/mol. The van der Waals surface area contributed by atoms with Gasteiger partial charge < -0.3 is 14.6 Å². The third-order valence-corrected chi connectivity index (χ3v) is 4.81. The molecule has 1 aromatic rings. The van der Waals surface area contributed by atoms with Crippen LogP contribution >= 0.6 is 11.3 Å². The lowest BCUT2D eigenvalue weighted by Crippen LogP contribution is -2.26. The molecule has 1 aromatic heterocycles. The van der Waals surface area contributed by atoms with Crippen LogP contribution in [0.4, 0.5) is 0 Å². The second-order valence-corrected chi connectivity index (χ2v) is 6.34. The largest absolute Gasteiger partial charge is 0.465 e. The van der Waals surface area contributed by atoms with E-state index in [4.69, 9.17) is 9.84 Å². The molecule has 7 nitrogen and oxygen atoms in total. The van der Waals surface area contributed by atoms with Crippen LogP contribution in [0.5, 0.6) is 0 Å². The lowest BCUT2D eigenvalue weighted by atomic mass is 10.5.